The fraction of sp³-hybridized carbons (Fsp3) is 0.438. The van der Waals surface area contributed by atoms with E-state index in [0.29, 0.717) is 0 Å². The summed E-state index contributed by atoms with van der Waals surface area (Å²) in [5, 5.41) is 1.21. The molecule has 5 heteroatoms. The fourth-order valence-corrected chi connectivity index (χ4v) is 2.85. The molecule has 0 radical (unpaired) electrons. The summed E-state index contributed by atoms with van der Waals surface area (Å²) in [4.78, 5) is 7.20. The summed E-state index contributed by atoms with van der Waals surface area (Å²) in [5.41, 5.74) is 8.38. The van der Waals surface area contributed by atoms with Crippen molar-refractivity contribution >= 4 is 35.7 Å². The lowest BCUT2D eigenvalue weighted by Gasteiger charge is -2.22. The zero-order valence-corrected chi connectivity index (χ0v) is 13.9. The van der Waals surface area contributed by atoms with Crippen molar-refractivity contribution in [2.45, 2.75) is 19.9 Å². The number of hydrogen-bond donors (Lipinski definition) is 1. The molecule has 0 amide bonds. The molecule has 116 valence electrons. The number of aromatic nitrogens is 1. The second kappa shape index (κ2) is 7.41. The summed E-state index contributed by atoms with van der Waals surface area (Å²) in [7, 11) is 0. The summed E-state index contributed by atoms with van der Waals surface area (Å²) in [6.07, 6.45) is 1.19. The standard InChI is InChI=1S/C16H21N3.2ClH/c1-16(11-17)8-9-19(12-16)10-14-7-6-13-4-2-3-5-15(13)18-14;;/h2-7H,8-12,17H2,1H3;2*1H. The minimum absolute atomic E-state index is 0. The van der Waals surface area contributed by atoms with E-state index >= 15 is 0 Å². The quantitative estimate of drug-likeness (QED) is 0.940. The van der Waals surface area contributed by atoms with Gasteiger partial charge in [0.25, 0.3) is 0 Å². The zero-order valence-electron chi connectivity index (χ0n) is 12.3. The molecular weight excluding hydrogens is 305 g/mol. The van der Waals surface area contributed by atoms with Crippen molar-refractivity contribution in [2.75, 3.05) is 19.6 Å². The number of nitrogens with zero attached hydrogens (tertiary/aromatic N) is 2. The monoisotopic (exact) mass is 327 g/mol. The van der Waals surface area contributed by atoms with Crippen molar-refractivity contribution in [3.8, 4) is 0 Å². The van der Waals surface area contributed by atoms with Gasteiger partial charge in [-0.3, -0.25) is 9.88 Å². The van der Waals surface area contributed by atoms with Crippen LogP contribution in [0, 0.1) is 5.41 Å². The molecule has 1 fully saturated rings. The number of halogens is 2. The SMILES string of the molecule is CC1(CN)CCN(Cc2ccc3ccccc3n2)C1.Cl.Cl. The Morgan fingerprint density at radius 2 is 1.95 bits per heavy atom. The molecule has 1 aromatic carbocycles. The third-order valence-electron chi connectivity index (χ3n) is 4.17. The Kier molecular flexibility index (Phi) is 6.41. The molecule has 1 atom stereocenters. The van der Waals surface area contributed by atoms with Gasteiger partial charge >= 0.3 is 0 Å². The Labute approximate surface area is 138 Å². The van der Waals surface area contributed by atoms with E-state index in [9.17, 15) is 0 Å². The molecule has 2 heterocycles. The Balaban J connectivity index is 0.00000110. The van der Waals surface area contributed by atoms with Crippen molar-refractivity contribution in [3.05, 3.63) is 42.1 Å². The minimum Gasteiger partial charge on any atom is -0.330 e. The molecule has 0 aliphatic carbocycles. The van der Waals surface area contributed by atoms with E-state index in [2.05, 4.69) is 42.2 Å². The van der Waals surface area contributed by atoms with E-state index in [1.165, 1.54) is 11.8 Å². The average Bonchev–Trinajstić information content (AvgIpc) is 2.81. The Hall–Kier alpha value is -0.870. The van der Waals surface area contributed by atoms with E-state index in [1.807, 2.05) is 6.07 Å². The van der Waals surface area contributed by atoms with Crippen LogP contribution in [-0.2, 0) is 6.54 Å². The van der Waals surface area contributed by atoms with Crippen LogP contribution in [0.1, 0.15) is 19.0 Å². The lowest BCUT2D eigenvalue weighted by molar-refractivity contribution is 0.272. The van der Waals surface area contributed by atoms with Crippen molar-refractivity contribution in [3.63, 3.8) is 0 Å². The molecule has 1 saturated heterocycles. The molecule has 3 nitrogen and oxygen atoms in total. The van der Waals surface area contributed by atoms with Crippen LogP contribution >= 0.6 is 24.8 Å². The summed E-state index contributed by atoms with van der Waals surface area (Å²) < 4.78 is 0. The zero-order chi connectivity index (χ0) is 13.3. The lowest BCUT2D eigenvalue weighted by Crippen LogP contribution is -2.31. The highest BCUT2D eigenvalue weighted by molar-refractivity contribution is 5.85. The van der Waals surface area contributed by atoms with Crippen LogP contribution in [0.3, 0.4) is 0 Å². The van der Waals surface area contributed by atoms with Crippen LogP contribution in [0.25, 0.3) is 10.9 Å². The number of fused-ring (bicyclic) bond motifs is 1. The molecule has 1 aromatic heterocycles. The molecule has 3 rings (SSSR count). The average molecular weight is 328 g/mol. The number of hydrogen-bond acceptors (Lipinski definition) is 3. The first-order valence-corrected chi connectivity index (χ1v) is 6.96. The van der Waals surface area contributed by atoms with E-state index in [0.717, 1.165) is 37.4 Å². The smallest absolute Gasteiger partial charge is 0.0705 e. The van der Waals surface area contributed by atoms with E-state index < -0.39 is 0 Å². The molecule has 21 heavy (non-hydrogen) atoms. The normalized spacial score (nSPS) is 21.8. The molecule has 2 aromatic rings. The third kappa shape index (κ3) is 4.07. The highest BCUT2D eigenvalue weighted by Crippen LogP contribution is 2.29. The predicted molar refractivity (Wildman–Crippen MR) is 93.3 cm³/mol. The van der Waals surface area contributed by atoms with Crippen molar-refractivity contribution in [2.24, 2.45) is 11.1 Å². The number of para-hydroxylation sites is 1. The van der Waals surface area contributed by atoms with Gasteiger partial charge in [-0.1, -0.05) is 31.2 Å². The highest BCUT2D eigenvalue weighted by atomic mass is 35.5. The van der Waals surface area contributed by atoms with E-state index in [4.69, 9.17) is 10.7 Å². The van der Waals surface area contributed by atoms with Gasteiger partial charge in [-0.25, -0.2) is 0 Å². The van der Waals surface area contributed by atoms with Crippen molar-refractivity contribution < 1.29 is 0 Å². The Morgan fingerprint density at radius 3 is 2.67 bits per heavy atom. The first kappa shape index (κ1) is 18.2. The Bertz CT molecular complexity index is 590. The number of likely N-dealkylation sites (tertiary alicyclic amines) is 1. The van der Waals surface area contributed by atoms with Crippen molar-refractivity contribution in [1.82, 2.24) is 9.88 Å². The summed E-state index contributed by atoms with van der Waals surface area (Å²) in [6, 6.07) is 12.6. The van der Waals surface area contributed by atoms with Gasteiger partial charge in [-0.2, -0.15) is 0 Å². The molecule has 1 unspecified atom stereocenters. The van der Waals surface area contributed by atoms with Gasteiger partial charge in [0.05, 0.1) is 11.2 Å². The van der Waals surface area contributed by atoms with Gasteiger partial charge in [0.1, 0.15) is 0 Å². The lowest BCUT2D eigenvalue weighted by atomic mass is 9.90. The van der Waals surface area contributed by atoms with Gasteiger partial charge < -0.3 is 5.73 Å². The van der Waals surface area contributed by atoms with Crippen LogP contribution < -0.4 is 5.73 Å². The molecular formula is C16H23Cl2N3. The molecule has 1 aliphatic heterocycles. The summed E-state index contributed by atoms with van der Waals surface area (Å²) in [6.45, 7) is 6.19. The number of pyridine rings is 1. The maximum Gasteiger partial charge on any atom is 0.0705 e. The van der Waals surface area contributed by atoms with E-state index in [1.54, 1.807) is 0 Å². The predicted octanol–water partition coefficient (Wildman–Crippen LogP) is 3.25. The first-order valence-electron chi connectivity index (χ1n) is 6.96. The maximum atomic E-state index is 5.86. The van der Waals surface area contributed by atoms with Gasteiger partial charge in [0.2, 0.25) is 0 Å². The fourth-order valence-electron chi connectivity index (χ4n) is 2.85. The largest absolute Gasteiger partial charge is 0.330 e. The van der Waals surface area contributed by atoms with Gasteiger partial charge in [-0.05, 0) is 37.1 Å². The van der Waals surface area contributed by atoms with Crippen LogP contribution in [-0.4, -0.2) is 29.5 Å². The van der Waals surface area contributed by atoms with Crippen LogP contribution in [0.2, 0.25) is 0 Å². The summed E-state index contributed by atoms with van der Waals surface area (Å²) in [5.74, 6) is 0. The van der Waals surface area contributed by atoms with Crippen LogP contribution in [0.15, 0.2) is 36.4 Å². The topological polar surface area (TPSA) is 42.1 Å². The number of benzene rings is 1. The first-order chi connectivity index (χ1) is 9.18. The third-order valence-corrected chi connectivity index (χ3v) is 4.17. The van der Waals surface area contributed by atoms with Gasteiger partial charge in [0.15, 0.2) is 0 Å². The molecule has 0 spiro atoms. The molecule has 1 aliphatic rings. The van der Waals surface area contributed by atoms with E-state index in [-0.39, 0.29) is 30.2 Å². The Morgan fingerprint density at radius 1 is 1.19 bits per heavy atom. The molecule has 0 bridgehead atoms. The van der Waals surface area contributed by atoms with Crippen LogP contribution in [0.5, 0.6) is 0 Å². The highest BCUT2D eigenvalue weighted by Gasteiger charge is 2.32. The van der Waals surface area contributed by atoms with Crippen molar-refractivity contribution in [1.29, 1.82) is 0 Å². The van der Waals surface area contributed by atoms with Gasteiger partial charge in [-0.15, -0.1) is 24.8 Å². The second-order valence-electron chi connectivity index (χ2n) is 5.97. The maximum absolute atomic E-state index is 5.86. The number of rotatable bonds is 3. The molecule has 2 N–H and O–H groups in total. The van der Waals surface area contributed by atoms with Gasteiger partial charge in [0, 0.05) is 18.5 Å². The second-order valence-corrected chi connectivity index (χ2v) is 5.97. The molecule has 0 saturated carbocycles. The number of nitrogens with two attached hydrogens (primary N) is 1. The van der Waals surface area contributed by atoms with Crippen LogP contribution in [0.4, 0.5) is 0 Å². The minimum atomic E-state index is 0. The summed E-state index contributed by atoms with van der Waals surface area (Å²) >= 11 is 0.